The van der Waals surface area contributed by atoms with Gasteiger partial charge in [-0.3, -0.25) is 4.79 Å². The first kappa shape index (κ1) is 14.2. The van der Waals surface area contributed by atoms with Crippen LogP contribution in [0.2, 0.25) is 5.02 Å². The maximum atomic E-state index is 11.7. The molecule has 1 aromatic heterocycles. The SMILES string of the molecule is COc1c(Cl)ccc2c(OC(=O)N(C)C)cc(=O)[nH]c12. The summed E-state index contributed by atoms with van der Waals surface area (Å²) in [7, 11) is 4.54. The molecule has 1 aromatic carbocycles. The minimum Gasteiger partial charge on any atom is -0.493 e. The first-order chi connectivity index (χ1) is 9.43. The van der Waals surface area contributed by atoms with Crippen LogP contribution in [0.5, 0.6) is 11.5 Å². The van der Waals surface area contributed by atoms with Gasteiger partial charge >= 0.3 is 6.09 Å². The lowest BCUT2D eigenvalue weighted by atomic mass is 10.2. The van der Waals surface area contributed by atoms with Gasteiger partial charge in [0.1, 0.15) is 5.75 Å². The van der Waals surface area contributed by atoms with Gasteiger partial charge in [-0.2, -0.15) is 0 Å². The molecule has 20 heavy (non-hydrogen) atoms. The number of benzene rings is 1. The highest BCUT2D eigenvalue weighted by atomic mass is 35.5. The largest absolute Gasteiger partial charge is 0.493 e. The quantitative estimate of drug-likeness (QED) is 0.922. The van der Waals surface area contributed by atoms with Crippen LogP contribution in [-0.4, -0.2) is 37.2 Å². The first-order valence-electron chi connectivity index (χ1n) is 5.72. The number of hydrogen-bond donors (Lipinski definition) is 1. The number of aromatic nitrogens is 1. The van der Waals surface area contributed by atoms with Gasteiger partial charge in [-0.1, -0.05) is 11.6 Å². The molecule has 0 aliphatic heterocycles. The predicted octanol–water partition coefficient (Wildman–Crippen LogP) is 2.25. The number of fused-ring (bicyclic) bond motifs is 1. The average Bonchev–Trinajstić information content (AvgIpc) is 2.38. The number of rotatable bonds is 2. The Bertz CT molecular complexity index is 724. The molecule has 7 heteroatoms. The van der Waals surface area contributed by atoms with Crippen molar-refractivity contribution in [2.45, 2.75) is 0 Å². The Labute approximate surface area is 119 Å². The van der Waals surface area contributed by atoms with Crippen LogP contribution in [0.3, 0.4) is 0 Å². The summed E-state index contributed by atoms with van der Waals surface area (Å²) >= 11 is 6.00. The second-order valence-electron chi connectivity index (χ2n) is 4.26. The van der Waals surface area contributed by atoms with E-state index in [1.54, 1.807) is 26.2 Å². The lowest BCUT2D eigenvalue weighted by molar-refractivity contribution is 0.172. The van der Waals surface area contributed by atoms with E-state index in [1.807, 2.05) is 0 Å². The summed E-state index contributed by atoms with van der Waals surface area (Å²) in [6.07, 6.45) is -0.578. The first-order valence-corrected chi connectivity index (χ1v) is 6.10. The summed E-state index contributed by atoms with van der Waals surface area (Å²) in [6.45, 7) is 0. The Balaban J connectivity index is 2.67. The lowest BCUT2D eigenvalue weighted by Crippen LogP contribution is -2.26. The number of methoxy groups -OCH3 is 1. The molecule has 0 fully saturated rings. The van der Waals surface area contributed by atoms with Crippen molar-refractivity contribution < 1.29 is 14.3 Å². The highest BCUT2D eigenvalue weighted by Crippen LogP contribution is 2.35. The number of pyridine rings is 1. The molecule has 0 aliphatic rings. The normalized spacial score (nSPS) is 10.4. The molecule has 0 atom stereocenters. The molecular formula is C13H13ClN2O4. The van der Waals surface area contributed by atoms with Crippen LogP contribution in [0.25, 0.3) is 10.9 Å². The number of carbonyl (C=O) groups excluding carboxylic acids is 1. The number of nitrogens with zero attached hydrogens (tertiary/aromatic N) is 1. The third kappa shape index (κ3) is 2.55. The lowest BCUT2D eigenvalue weighted by Gasteiger charge is -2.13. The van der Waals surface area contributed by atoms with E-state index in [0.717, 1.165) is 0 Å². The minimum atomic E-state index is -0.578. The second kappa shape index (κ2) is 5.42. The van der Waals surface area contributed by atoms with E-state index in [4.69, 9.17) is 21.1 Å². The van der Waals surface area contributed by atoms with Gasteiger partial charge in [0, 0.05) is 25.5 Å². The summed E-state index contributed by atoms with van der Waals surface area (Å²) in [5, 5.41) is 0.882. The third-order valence-corrected chi connectivity index (χ3v) is 2.95. The van der Waals surface area contributed by atoms with Gasteiger partial charge < -0.3 is 19.4 Å². The Morgan fingerprint density at radius 2 is 2.05 bits per heavy atom. The van der Waals surface area contributed by atoms with Crippen molar-refractivity contribution in [3.63, 3.8) is 0 Å². The van der Waals surface area contributed by atoms with Gasteiger partial charge in [-0.05, 0) is 12.1 Å². The summed E-state index contributed by atoms with van der Waals surface area (Å²) in [5.74, 6) is 0.474. The minimum absolute atomic E-state index is 0.150. The van der Waals surface area contributed by atoms with Crippen LogP contribution >= 0.6 is 11.6 Å². The molecule has 0 saturated heterocycles. The molecule has 1 N–H and O–H groups in total. The van der Waals surface area contributed by atoms with E-state index in [2.05, 4.69) is 4.98 Å². The molecule has 106 valence electrons. The number of hydrogen-bond acceptors (Lipinski definition) is 4. The standard InChI is InChI=1S/C13H13ClN2O4/c1-16(2)13(18)20-9-6-10(17)15-11-7(9)4-5-8(14)12(11)19-3/h4-6H,1-3H3,(H,15,17). The molecule has 0 spiro atoms. The van der Waals surface area contributed by atoms with Gasteiger partial charge in [0.05, 0.1) is 17.6 Å². The summed E-state index contributed by atoms with van der Waals surface area (Å²) < 4.78 is 10.3. The smallest absolute Gasteiger partial charge is 0.414 e. The number of amides is 1. The Morgan fingerprint density at radius 3 is 2.65 bits per heavy atom. The number of aromatic amines is 1. The van der Waals surface area contributed by atoms with E-state index in [9.17, 15) is 9.59 Å². The molecule has 2 aromatic rings. The molecule has 0 bridgehead atoms. The zero-order chi connectivity index (χ0) is 14.9. The third-order valence-electron chi connectivity index (χ3n) is 2.65. The number of carbonyl (C=O) groups is 1. The number of ether oxygens (including phenoxy) is 2. The monoisotopic (exact) mass is 296 g/mol. The van der Waals surface area contributed by atoms with Crippen LogP contribution in [0.4, 0.5) is 4.79 Å². The maximum Gasteiger partial charge on any atom is 0.414 e. The molecule has 1 heterocycles. The molecular weight excluding hydrogens is 284 g/mol. The molecule has 6 nitrogen and oxygen atoms in total. The van der Waals surface area contributed by atoms with E-state index in [0.29, 0.717) is 21.7 Å². The zero-order valence-electron chi connectivity index (χ0n) is 11.2. The molecule has 0 aliphatic carbocycles. The number of nitrogens with one attached hydrogen (secondary N) is 1. The molecule has 0 unspecified atom stereocenters. The molecule has 0 saturated carbocycles. The van der Waals surface area contributed by atoms with Crippen molar-refractivity contribution in [1.29, 1.82) is 0 Å². The second-order valence-corrected chi connectivity index (χ2v) is 4.67. The van der Waals surface area contributed by atoms with Crippen molar-refractivity contribution in [3.8, 4) is 11.5 Å². The molecule has 2 rings (SSSR count). The highest BCUT2D eigenvalue weighted by molar-refractivity contribution is 6.33. The summed E-state index contributed by atoms with van der Waals surface area (Å²) in [5.41, 5.74) is -0.0336. The summed E-state index contributed by atoms with van der Waals surface area (Å²) in [6, 6.07) is 4.46. The van der Waals surface area contributed by atoms with E-state index in [1.165, 1.54) is 18.1 Å². The van der Waals surface area contributed by atoms with E-state index >= 15 is 0 Å². The average molecular weight is 297 g/mol. The van der Waals surface area contributed by atoms with Crippen molar-refractivity contribution in [2.24, 2.45) is 0 Å². The van der Waals surface area contributed by atoms with Crippen LogP contribution in [0.1, 0.15) is 0 Å². The maximum absolute atomic E-state index is 11.7. The van der Waals surface area contributed by atoms with Gasteiger partial charge in [0.2, 0.25) is 0 Å². The fourth-order valence-electron chi connectivity index (χ4n) is 1.71. The van der Waals surface area contributed by atoms with Crippen LogP contribution in [0, 0.1) is 0 Å². The van der Waals surface area contributed by atoms with Gasteiger partial charge in [-0.15, -0.1) is 0 Å². The van der Waals surface area contributed by atoms with Gasteiger partial charge in [0.25, 0.3) is 5.56 Å². The number of H-pyrrole nitrogens is 1. The van der Waals surface area contributed by atoms with Crippen molar-refractivity contribution in [1.82, 2.24) is 9.88 Å². The van der Waals surface area contributed by atoms with Crippen LogP contribution in [-0.2, 0) is 0 Å². The van der Waals surface area contributed by atoms with Gasteiger partial charge in [-0.25, -0.2) is 4.79 Å². The Hall–Kier alpha value is -2.21. The van der Waals surface area contributed by atoms with E-state index in [-0.39, 0.29) is 5.75 Å². The zero-order valence-corrected chi connectivity index (χ0v) is 11.9. The van der Waals surface area contributed by atoms with Gasteiger partial charge in [0.15, 0.2) is 5.75 Å². The number of halogens is 1. The predicted molar refractivity (Wildman–Crippen MR) is 75.8 cm³/mol. The highest BCUT2D eigenvalue weighted by Gasteiger charge is 2.15. The molecule has 0 radical (unpaired) electrons. The topological polar surface area (TPSA) is 71.6 Å². The van der Waals surface area contributed by atoms with Crippen molar-refractivity contribution >= 4 is 28.6 Å². The van der Waals surface area contributed by atoms with Crippen molar-refractivity contribution in [2.75, 3.05) is 21.2 Å². The molecule has 1 amide bonds. The summed E-state index contributed by atoms with van der Waals surface area (Å²) in [4.78, 5) is 27.2. The van der Waals surface area contributed by atoms with Crippen LogP contribution in [0.15, 0.2) is 23.0 Å². The Kier molecular flexibility index (Phi) is 3.85. The van der Waals surface area contributed by atoms with Crippen molar-refractivity contribution in [3.05, 3.63) is 33.6 Å². The van der Waals surface area contributed by atoms with E-state index < -0.39 is 11.7 Å². The van der Waals surface area contributed by atoms with Crippen LogP contribution < -0.4 is 15.0 Å². The Morgan fingerprint density at radius 1 is 1.35 bits per heavy atom. The fourth-order valence-corrected chi connectivity index (χ4v) is 1.95. The fraction of sp³-hybridized carbons (Fsp3) is 0.231.